The van der Waals surface area contributed by atoms with Gasteiger partial charge in [-0.15, -0.1) is 10.2 Å². The van der Waals surface area contributed by atoms with Crippen LogP contribution in [-0.4, -0.2) is 16.8 Å². The molecule has 0 radical (unpaired) electrons. The molecular formula is C10H9F2N3O. The first kappa shape index (κ1) is 10.5. The van der Waals surface area contributed by atoms with Gasteiger partial charge in [0.2, 0.25) is 0 Å². The smallest absolute Gasteiger partial charge is 0.269 e. The lowest BCUT2D eigenvalue weighted by Gasteiger charge is -2.08. The number of nitrogens with zero attached hydrogens (tertiary/aromatic N) is 2. The zero-order valence-corrected chi connectivity index (χ0v) is 8.50. The number of aromatic nitrogens is 2. The van der Waals surface area contributed by atoms with Crippen molar-refractivity contribution in [1.29, 1.82) is 0 Å². The number of benzene rings is 1. The van der Waals surface area contributed by atoms with Gasteiger partial charge in [-0.1, -0.05) is 0 Å². The zero-order valence-electron chi connectivity index (χ0n) is 8.50. The lowest BCUT2D eigenvalue weighted by Crippen LogP contribution is -2.00. The third-order valence-corrected chi connectivity index (χ3v) is 2.09. The minimum atomic E-state index is -1.24. The quantitative estimate of drug-likeness (QED) is 0.793. The molecule has 0 fully saturated rings. The van der Waals surface area contributed by atoms with E-state index in [1.54, 1.807) is 6.92 Å². The molecule has 1 heterocycles. The summed E-state index contributed by atoms with van der Waals surface area (Å²) in [6.07, 6.45) is 0. The fourth-order valence-electron chi connectivity index (χ4n) is 1.38. The van der Waals surface area contributed by atoms with Crippen LogP contribution in [0.15, 0.2) is 12.1 Å². The van der Waals surface area contributed by atoms with Crippen LogP contribution in [0.25, 0.3) is 10.9 Å². The first-order valence-electron chi connectivity index (χ1n) is 4.67. The molecule has 0 unspecified atom stereocenters. The van der Waals surface area contributed by atoms with Crippen LogP contribution >= 0.6 is 0 Å². The lowest BCUT2D eigenvalue weighted by molar-refractivity contribution is 0.342. The van der Waals surface area contributed by atoms with Crippen molar-refractivity contribution in [2.75, 3.05) is 12.3 Å². The standard InChI is InChI=1S/C10H9F2N3O/c1-2-16-8-4-7-5(3-6(8)13)9(11)10(12)15-14-7/h3-4H,2,13H2,1H3. The van der Waals surface area contributed by atoms with Crippen molar-refractivity contribution in [3.63, 3.8) is 0 Å². The molecule has 0 spiro atoms. The predicted molar refractivity (Wildman–Crippen MR) is 55.0 cm³/mol. The molecule has 0 aliphatic carbocycles. The van der Waals surface area contributed by atoms with Crippen molar-refractivity contribution in [2.24, 2.45) is 0 Å². The maximum Gasteiger partial charge on any atom is 0.269 e. The summed E-state index contributed by atoms with van der Waals surface area (Å²) in [5.41, 5.74) is 6.07. The number of ether oxygens (including phenoxy) is 1. The Bertz CT molecular complexity index is 545. The summed E-state index contributed by atoms with van der Waals surface area (Å²) in [6.45, 7) is 2.22. The highest BCUT2D eigenvalue weighted by Crippen LogP contribution is 2.28. The summed E-state index contributed by atoms with van der Waals surface area (Å²) in [7, 11) is 0. The third kappa shape index (κ3) is 1.62. The second-order valence-electron chi connectivity index (χ2n) is 3.14. The number of fused-ring (bicyclic) bond motifs is 1. The number of hydrogen-bond donors (Lipinski definition) is 1. The Balaban J connectivity index is 2.69. The van der Waals surface area contributed by atoms with Crippen molar-refractivity contribution in [3.8, 4) is 5.75 Å². The average molecular weight is 225 g/mol. The van der Waals surface area contributed by atoms with Crippen LogP contribution in [-0.2, 0) is 0 Å². The summed E-state index contributed by atoms with van der Waals surface area (Å²) in [5.74, 6) is -1.91. The van der Waals surface area contributed by atoms with E-state index in [1.807, 2.05) is 0 Å². The van der Waals surface area contributed by atoms with Crippen molar-refractivity contribution in [2.45, 2.75) is 6.92 Å². The molecule has 0 saturated heterocycles. The summed E-state index contributed by atoms with van der Waals surface area (Å²) >= 11 is 0. The van der Waals surface area contributed by atoms with Gasteiger partial charge in [0.15, 0.2) is 5.82 Å². The van der Waals surface area contributed by atoms with Gasteiger partial charge in [-0.25, -0.2) is 4.39 Å². The number of anilines is 1. The number of hydrogen-bond acceptors (Lipinski definition) is 4. The van der Waals surface area contributed by atoms with Crippen molar-refractivity contribution < 1.29 is 13.5 Å². The van der Waals surface area contributed by atoms with E-state index in [4.69, 9.17) is 10.5 Å². The van der Waals surface area contributed by atoms with Gasteiger partial charge in [-0.05, 0) is 13.0 Å². The SMILES string of the molecule is CCOc1cc2nnc(F)c(F)c2cc1N. The van der Waals surface area contributed by atoms with E-state index in [9.17, 15) is 8.78 Å². The Hall–Kier alpha value is -1.98. The van der Waals surface area contributed by atoms with Gasteiger partial charge in [-0.3, -0.25) is 0 Å². The molecule has 6 heteroatoms. The normalized spacial score (nSPS) is 10.7. The van der Waals surface area contributed by atoms with Crippen LogP contribution in [0.2, 0.25) is 0 Å². The van der Waals surface area contributed by atoms with Gasteiger partial charge in [0.1, 0.15) is 5.75 Å². The third-order valence-electron chi connectivity index (χ3n) is 2.09. The number of nitrogens with two attached hydrogens (primary N) is 1. The molecular weight excluding hydrogens is 216 g/mol. The molecule has 0 amide bonds. The molecule has 0 aliphatic rings. The molecule has 2 rings (SSSR count). The Morgan fingerprint density at radius 2 is 2.06 bits per heavy atom. The first-order valence-corrected chi connectivity index (χ1v) is 4.67. The van der Waals surface area contributed by atoms with Gasteiger partial charge in [0.05, 0.1) is 17.8 Å². The Labute approximate surface area is 90.0 Å². The highest BCUT2D eigenvalue weighted by atomic mass is 19.2. The molecule has 4 nitrogen and oxygen atoms in total. The van der Waals surface area contributed by atoms with E-state index in [2.05, 4.69) is 10.2 Å². The predicted octanol–water partition coefficient (Wildman–Crippen LogP) is 1.89. The van der Waals surface area contributed by atoms with Crippen LogP contribution in [0.4, 0.5) is 14.5 Å². The Kier molecular flexibility index (Phi) is 2.55. The van der Waals surface area contributed by atoms with Gasteiger partial charge >= 0.3 is 0 Å². The van der Waals surface area contributed by atoms with Gasteiger partial charge in [0.25, 0.3) is 5.95 Å². The van der Waals surface area contributed by atoms with Crippen molar-refractivity contribution >= 4 is 16.6 Å². The van der Waals surface area contributed by atoms with E-state index in [0.29, 0.717) is 12.4 Å². The van der Waals surface area contributed by atoms with Crippen LogP contribution in [0.1, 0.15) is 6.92 Å². The van der Waals surface area contributed by atoms with Crippen LogP contribution in [0, 0.1) is 11.8 Å². The van der Waals surface area contributed by atoms with E-state index in [0.717, 1.165) is 0 Å². The van der Waals surface area contributed by atoms with Crippen LogP contribution in [0.5, 0.6) is 5.75 Å². The average Bonchev–Trinajstić information content (AvgIpc) is 2.26. The summed E-state index contributed by atoms with van der Waals surface area (Å²) in [5, 5.41) is 6.57. The fraction of sp³-hybridized carbons (Fsp3) is 0.200. The van der Waals surface area contributed by atoms with E-state index < -0.39 is 11.8 Å². The molecule has 16 heavy (non-hydrogen) atoms. The minimum Gasteiger partial charge on any atom is -0.492 e. The molecule has 0 atom stereocenters. The first-order chi connectivity index (χ1) is 7.63. The number of rotatable bonds is 2. The maximum atomic E-state index is 13.3. The van der Waals surface area contributed by atoms with Gasteiger partial charge < -0.3 is 10.5 Å². The Morgan fingerprint density at radius 1 is 1.31 bits per heavy atom. The molecule has 0 saturated carbocycles. The largest absolute Gasteiger partial charge is 0.492 e. The second-order valence-corrected chi connectivity index (χ2v) is 3.14. The molecule has 2 aromatic rings. The second kappa shape index (κ2) is 3.88. The lowest BCUT2D eigenvalue weighted by atomic mass is 10.2. The van der Waals surface area contributed by atoms with E-state index >= 15 is 0 Å². The minimum absolute atomic E-state index is 0.00606. The highest BCUT2D eigenvalue weighted by molar-refractivity contribution is 5.85. The molecule has 84 valence electrons. The van der Waals surface area contributed by atoms with Gasteiger partial charge in [0, 0.05) is 11.5 Å². The zero-order chi connectivity index (χ0) is 11.7. The van der Waals surface area contributed by atoms with Crippen LogP contribution in [0.3, 0.4) is 0 Å². The summed E-state index contributed by atoms with van der Waals surface area (Å²) in [4.78, 5) is 0. The van der Waals surface area contributed by atoms with Gasteiger partial charge in [-0.2, -0.15) is 4.39 Å². The maximum absolute atomic E-state index is 13.3. The van der Waals surface area contributed by atoms with Crippen molar-refractivity contribution in [3.05, 3.63) is 23.9 Å². The fourth-order valence-corrected chi connectivity index (χ4v) is 1.38. The molecule has 0 aliphatic heterocycles. The molecule has 1 aromatic carbocycles. The monoisotopic (exact) mass is 225 g/mol. The van der Waals surface area contributed by atoms with E-state index in [1.165, 1.54) is 12.1 Å². The van der Waals surface area contributed by atoms with Crippen molar-refractivity contribution in [1.82, 2.24) is 10.2 Å². The summed E-state index contributed by atoms with van der Waals surface area (Å²) < 4.78 is 31.3. The number of nitrogen functional groups attached to an aromatic ring is 1. The topological polar surface area (TPSA) is 61.0 Å². The Morgan fingerprint density at radius 3 is 2.75 bits per heavy atom. The summed E-state index contributed by atoms with van der Waals surface area (Å²) in [6, 6.07) is 2.72. The van der Waals surface area contributed by atoms with Crippen LogP contribution < -0.4 is 10.5 Å². The molecule has 2 N–H and O–H groups in total. The molecule has 1 aromatic heterocycles. The number of halogens is 2. The highest BCUT2D eigenvalue weighted by Gasteiger charge is 2.12. The van der Waals surface area contributed by atoms with E-state index in [-0.39, 0.29) is 16.6 Å². The molecule has 0 bridgehead atoms.